The standard InChI is InChI=1S/C15H22ClN3O2/c1-10(9-17-3)15(21)18-8-7-14(20)19-13-6-4-5-12(16)11(13)2/h4-6,10,17H,7-9H2,1-3H3,(H,18,21)(H,19,20). The first kappa shape index (κ1) is 17.5. The molecule has 2 amide bonds. The number of carbonyl (C=O) groups excluding carboxylic acids is 2. The topological polar surface area (TPSA) is 70.2 Å². The summed E-state index contributed by atoms with van der Waals surface area (Å²) in [7, 11) is 1.80. The summed E-state index contributed by atoms with van der Waals surface area (Å²) in [6, 6.07) is 5.36. The number of hydrogen-bond donors (Lipinski definition) is 3. The molecule has 1 rings (SSSR count). The van der Waals surface area contributed by atoms with Crippen LogP contribution >= 0.6 is 11.6 Å². The summed E-state index contributed by atoms with van der Waals surface area (Å²) in [4.78, 5) is 23.5. The molecule has 1 aromatic carbocycles. The fourth-order valence-electron chi connectivity index (χ4n) is 1.83. The molecule has 6 heteroatoms. The van der Waals surface area contributed by atoms with Gasteiger partial charge < -0.3 is 16.0 Å². The molecule has 0 fully saturated rings. The highest BCUT2D eigenvalue weighted by Crippen LogP contribution is 2.22. The third-order valence-corrected chi connectivity index (χ3v) is 3.56. The summed E-state index contributed by atoms with van der Waals surface area (Å²) in [5, 5.41) is 9.09. The first-order chi connectivity index (χ1) is 9.95. The minimum absolute atomic E-state index is 0.0592. The van der Waals surface area contributed by atoms with Gasteiger partial charge in [-0.1, -0.05) is 24.6 Å². The lowest BCUT2D eigenvalue weighted by atomic mass is 10.1. The molecule has 0 heterocycles. The first-order valence-corrected chi connectivity index (χ1v) is 7.30. The van der Waals surface area contributed by atoms with Crippen molar-refractivity contribution in [3.63, 3.8) is 0 Å². The molecule has 1 aromatic rings. The zero-order valence-corrected chi connectivity index (χ0v) is 13.4. The number of rotatable bonds is 7. The highest BCUT2D eigenvalue weighted by atomic mass is 35.5. The SMILES string of the molecule is CNCC(C)C(=O)NCCC(=O)Nc1cccc(Cl)c1C. The Hall–Kier alpha value is -1.59. The summed E-state index contributed by atoms with van der Waals surface area (Å²) in [6.45, 7) is 4.61. The van der Waals surface area contributed by atoms with E-state index in [9.17, 15) is 9.59 Å². The van der Waals surface area contributed by atoms with Gasteiger partial charge in [0, 0.05) is 36.1 Å². The third-order valence-electron chi connectivity index (χ3n) is 3.15. The second kappa shape index (κ2) is 8.64. The molecule has 1 unspecified atom stereocenters. The van der Waals surface area contributed by atoms with Crippen molar-refractivity contribution >= 4 is 29.1 Å². The quantitative estimate of drug-likeness (QED) is 0.721. The van der Waals surface area contributed by atoms with E-state index in [1.54, 1.807) is 25.2 Å². The van der Waals surface area contributed by atoms with E-state index in [4.69, 9.17) is 11.6 Å². The molecule has 0 aromatic heterocycles. The van der Waals surface area contributed by atoms with Gasteiger partial charge >= 0.3 is 0 Å². The molecule has 0 bridgehead atoms. The van der Waals surface area contributed by atoms with Gasteiger partial charge in [0.15, 0.2) is 0 Å². The predicted octanol–water partition coefficient (Wildman–Crippen LogP) is 1.95. The van der Waals surface area contributed by atoms with Gasteiger partial charge in [-0.25, -0.2) is 0 Å². The molecule has 116 valence electrons. The molecule has 3 N–H and O–H groups in total. The zero-order valence-electron chi connectivity index (χ0n) is 12.6. The number of amides is 2. The molecule has 0 aliphatic heterocycles. The van der Waals surface area contributed by atoms with Gasteiger partial charge in [0.25, 0.3) is 0 Å². The number of carbonyl (C=O) groups is 2. The first-order valence-electron chi connectivity index (χ1n) is 6.93. The van der Waals surface area contributed by atoms with Gasteiger partial charge in [-0.3, -0.25) is 9.59 Å². The van der Waals surface area contributed by atoms with E-state index < -0.39 is 0 Å². The summed E-state index contributed by atoms with van der Waals surface area (Å²) in [5.41, 5.74) is 1.53. The van der Waals surface area contributed by atoms with E-state index in [2.05, 4.69) is 16.0 Å². The molecule has 5 nitrogen and oxygen atoms in total. The van der Waals surface area contributed by atoms with Crippen LogP contribution in [0.5, 0.6) is 0 Å². The highest BCUT2D eigenvalue weighted by molar-refractivity contribution is 6.31. The van der Waals surface area contributed by atoms with E-state index in [0.717, 1.165) is 5.56 Å². The molecule has 0 aliphatic carbocycles. The lowest BCUT2D eigenvalue weighted by Gasteiger charge is -2.12. The van der Waals surface area contributed by atoms with Crippen LogP contribution in [0, 0.1) is 12.8 Å². The monoisotopic (exact) mass is 311 g/mol. The van der Waals surface area contributed by atoms with Crippen molar-refractivity contribution in [2.24, 2.45) is 5.92 Å². The van der Waals surface area contributed by atoms with Crippen molar-refractivity contribution < 1.29 is 9.59 Å². The molecule has 1 atom stereocenters. The molecule has 21 heavy (non-hydrogen) atoms. The maximum atomic E-state index is 11.8. The van der Waals surface area contributed by atoms with Gasteiger partial charge in [0.1, 0.15) is 0 Å². The maximum absolute atomic E-state index is 11.8. The largest absolute Gasteiger partial charge is 0.355 e. The predicted molar refractivity (Wildman–Crippen MR) is 85.5 cm³/mol. The van der Waals surface area contributed by atoms with Gasteiger partial charge in [-0.15, -0.1) is 0 Å². The van der Waals surface area contributed by atoms with Crippen molar-refractivity contribution in [3.8, 4) is 0 Å². The number of nitrogens with one attached hydrogen (secondary N) is 3. The smallest absolute Gasteiger partial charge is 0.226 e. The van der Waals surface area contributed by atoms with Gasteiger partial charge in [0.05, 0.1) is 0 Å². The normalized spacial score (nSPS) is 11.8. The van der Waals surface area contributed by atoms with Gasteiger partial charge in [-0.2, -0.15) is 0 Å². The van der Waals surface area contributed by atoms with E-state index in [0.29, 0.717) is 23.8 Å². The van der Waals surface area contributed by atoms with Gasteiger partial charge in [0.2, 0.25) is 11.8 Å². The average Bonchev–Trinajstić information content (AvgIpc) is 2.44. The Morgan fingerprint density at radius 2 is 2.05 bits per heavy atom. The second-order valence-electron chi connectivity index (χ2n) is 4.96. The molecule has 0 saturated carbocycles. The number of benzene rings is 1. The lowest BCUT2D eigenvalue weighted by Crippen LogP contribution is -2.35. The third kappa shape index (κ3) is 5.73. The van der Waals surface area contributed by atoms with Crippen LogP contribution in [0.1, 0.15) is 18.9 Å². The summed E-state index contributed by atoms with van der Waals surface area (Å²) in [6.07, 6.45) is 0.226. The van der Waals surface area contributed by atoms with Gasteiger partial charge in [-0.05, 0) is 31.7 Å². The van der Waals surface area contributed by atoms with E-state index in [1.165, 1.54) is 0 Å². The lowest BCUT2D eigenvalue weighted by molar-refractivity contribution is -0.124. The van der Waals surface area contributed by atoms with Crippen LogP contribution in [0.15, 0.2) is 18.2 Å². The Labute approximate surface area is 130 Å². The van der Waals surface area contributed by atoms with Crippen LogP contribution in [0.4, 0.5) is 5.69 Å². The van der Waals surface area contributed by atoms with Crippen molar-refractivity contribution in [2.45, 2.75) is 20.3 Å². The molecule has 0 aliphatic rings. The van der Waals surface area contributed by atoms with E-state index in [-0.39, 0.29) is 24.2 Å². The van der Waals surface area contributed by atoms with Crippen LogP contribution in [0.25, 0.3) is 0 Å². The maximum Gasteiger partial charge on any atom is 0.226 e. The van der Waals surface area contributed by atoms with Crippen LogP contribution in [0.2, 0.25) is 5.02 Å². The van der Waals surface area contributed by atoms with E-state index >= 15 is 0 Å². The van der Waals surface area contributed by atoms with Crippen molar-refractivity contribution in [3.05, 3.63) is 28.8 Å². The van der Waals surface area contributed by atoms with Crippen molar-refractivity contribution in [1.29, 1.82) is 0 Å². The molecular weight excluding hydrogens is 290 g/mol. The summed E-state index contributed by atoms with van der Waals surface area (Å²) >= 11 is 5.99. The average molecular weight is 312 g/mol. The van der Waals surface area contributed by atoms with Crippen LogP contribution in [-0.4, -0.2) is 32.0 Å². The Kier molecular flexibility index (Phi) is 7.19. The molecule has 0 saturated heterocycles. The minimum Gasteiger partial charge on any atom is -0.355 e. The molecular formula is C15H22ClN3O2. The highest BCUT2D eigenvalue weighted by Gasteiger charge is 2.12. The van der Waals surface area contributed by atoms with Crippen LogP contribution in [0.3, 0.4) is 0 Å². The summed E-state index contributed by atoms with van der Waals surface area (Å²) in [5.74, 6) is -0.328. The molecule has 0 spiro atoms. The number of anilines is 1. The second-order valence-corrected chi connectivity index (χ2v) is 5.37. The zero-order chi connectivity index (χ0) is 15.8. The number of halogens is 1. The van der Waals surface area contributed by atoms with Crippen molar-refractivity contribution in [1.82, 2.24) is 10.6 Å². The fraction of sp³-hybridized carbons (Fsp3) is 0.467. The Balaban J connectivity index is 2.38. The molecule has 0 radical (unpaired) electrons. The minimum atomic E-state index is -0.151. The Morgan fingerprint density at radius 3 is 2.71 bits per heavy atom. The summed E-state index contributed by atoms with van der Waals surface area (Å²) < 4.78 is 0. The van der Waals surface area contributed by atoms with Crippen molar-refractivity contribution in [2.75, 3.05) is 25.5 Å². The number of hydrogen-bond acceptors (Lipinski definition) is 3. The fourth-order valence-corrected chi connectivity index (χ4v) is 2.00. The van der Waals surface area contributed by atoms with E-state index in [1.807, 2.05) is 13.8 Å². The Morgan fingerprint density at radius 1 is 1.33 bits per heavy atom. The van der Waals surface area contributed by atoms with Crippen LogP contribution in [-0.2, 0) is 9.59 Å². The van der Waals surface area contributed by atoms with Crippen LogP contribution < -0.4 is 16.0 Å². The Bertz CT molecular complexity index is 506.